The van der Waals surface area contributed by atoms with E-state index in [0.29, 0.717) is 17.5 Å². The largest absolute Gasteiger partial charge is 0.337 e. The van der Waals surface area contributed by atoms with E-state index in [0.717, 1.165) is 19.5 Å². The second-order valence-corrected chi connectivity index (χ2v) is 4.85. The Morgan fingerprint density at radius 1 is 1.53 bits per heavy atom. The van der Waals surface area contributed by atoms with Gasteiger partial charge in [-0.05, 0) is 24.3 Å². The fourth-order valence-corrected chi connectivity index (χ4v) is 2.14. The number of carbonyl (C=O) groups excluding carboxylic acids is 1. The standard InChI is InChI=1S/C12H17N3O2/c1-8(2)9-5-6-15(7-9)12(17)10-3-4-11(16)14-13-10/h3-4,8-9H,5-7H2,1-2H3,(H,14,16). The zero-order valence-electron chi connectivity index (χ0n) is 10.1. The normalized spacial score (nSPS) is 19.9. The molecule has 1 amide bonds. The van der Waals surface area contributed by atoms with E-state index in [4.69, 9.17) is 0 Å². The van der Waals surface area contributed by atoms with E-state index in [9.17, 15) is 9.59 Å². The van der Waals surface area contributed by atoms with Gasteiger partial charge >= 0.3 is 0 Å². The lowest BCUT2D eigenvalue weighted by molar-refractivity contribution is 0.0777. The number of rotatable bonds is 2. The second kappa shape index (κ2) is 4.69. The van der Waals surface area contributed by atoms with Crippen LogP contribution in [0.25, 0.3) is 0 Å². The maximum Gasteiger partial charge on any atom is 0.274 e. The second-order valence-electron chi connectivity index (χ2n) is 4.85. The summed E-state index contributed by atoms with van der Waals surface area (Å²) in [5, 5.41) is 6.05. The molecule has 1 unspecified atom stereocenters. The number of amides is 1. The van der Waals surface area contributed by atoms with Crippen LogP contribution in [0.2, 0.25) is 0 Å². The Hall–Kier alpha value is -1.65. The predicted molar refractivity (Wildman–Crippen MR) is 63.7 cm³/mol. The number of carbonyl (C=O) groups is 1. The molecule has 1 aliphatic rings. The van der Waals surface area contributed by atoms with Crippen LogP contribution < -0.4 is 5.56 Å². The maximum atomic E-state index is 12.1. The van der Waals surface area contributed by atoms with Crippen molar-refractivity contribution in [1.29, 1.82) is 0 Å². The molecule has 0 aliphatic carbocycles. The Kier molecular flexibility index (Phi) is 3.26. The molecule has 2 rings (SSSR count). The summed E-state index contributed by atoms with van der Waals surface area (Å²) in [6, 6.07) is 2.81. The van der Waals surface area contributed by atoms with Crippen LogP contribution in [0, 0.1) is 11.8 Å². The lowest BCUT2D eigenvalue weighted by atomic mass is 9.95. The summed E-state index contributed by atoms with van der Waals surface area (Å²) in [5.74, 6) is 1.07. The zero-order valence-corrected chi connectivity index (χ0v) is 10.1. The Bertz CT molecular complexity index is 447. The topological polar surface area (TPSA) is 66.1 Å². The molecule has 1 aliphatic heterocycles. The first-order valence-electron chi connectivity index (χ1n) is 5.93. The highest BCUT2D eigenvalue weighted by atomic mass is 16.2. The Morgan fingerprint density at radius 3 is 2.82 bits per heavy atom. The van der Waals surface area contributed by atoms with Gasteiger partial charge in [0.25, 0.3) is 11.5 Å². The molecule has 0 aromatic carbocycles. The van der Waals surface area contributed by atoms with E-state index < -0.39 is 0 Å². The van der Waals surface area contributed by atoms with Crippen LogP contribution in [-0.2, 0) is 0 Å². The molecule has 1 saturated heterocycles. The van der Waals surface area contributed by atoms with Crippen molar-refractivity contribution in [3.63, 3.8) is 0 Å². The van der Waals surface area contributed by atoms with E-state index in [1.54, 1.807) is 0 Å². The number of H-pyrrole nitrogens is 1. The molecule has 0 bridgehead atoms. The van der Waals surface area contributed by atoms with Crippen LogP contribution in [0.5, 0.6) is 0 Å². The van der Waals surface area contributed by atoms with Gasteiger partial charge in [0.15, 0.2) is 0 Å². The van der Waals surface area contributed by atoms with Gasteiger partial charge < -0.3 is 4.90 Å². The van der Waals surface area contributed by atoms with E-state index >= 15 is 0 Å². The fourth-order valence-electron chi connectivity index (χ4n) is 2.14. The Labute approximate surface area is 99.8 Å². The van der Waals surface area contributed by atoms with Gasteiger partial charge in [-0.2, -0.15) is 5.10 Å². The number of nitrogens with zero attached hydrogens (tertiary/aromatic N) is 2. The lowest BCUT2D eigenvalue weighted by Crippen LogP contribution is -2.30. The summed E-state index contributed by atoms with van der Waals surface area (Å²) >= 11 is 0. The summed E-state index contributed by atoms with van der Waals surface area (Å²) < 4.78 is 0. The zero-order chi connectivity index (χ0) is 12.4. The van der Waals surface area contributed by atoms with Gasteiger partial charge in [0.05, 0.1) is 0 Å². The molecule has 1 N–H and O–H groups in total. The first-order valence-corrected chi connectivity index (χ1v) is 5.93. The molecule has 0 radical (unpaired) electrons. The number of nitrogens with one attached hydrogen (secondary N) is 1. The molecule has 0 saturated carbocycles. The monoisotopic (exact) mass is 235 g/mol. The fraction of sp³-hybridized carbons (Fsp3) is 0.583. The van der Waals surface area contributed by atoms with Gasteiger partial charge in [-0.1, -0.05) is 13.8 Å². The third kappa shape index (κ3) is 2.54. The van der Waals surface area contributed by atoms with Crippen LogP contribution >= 0.6 is 0 Å². The van der Waals surface area contributed by atoms with Gasteiger partial charge in [0.1, 0.15) is 5.69 Å². The van der Waals surface area contributed by atoms with Crippen LogP contribution in [0.3, 0.4) is 0 Å². The molecule has 1 fully saturated rings. The summed E-state index contributed by atoms with van der Waals surface area (Å²) in [6.45, 7) is 5.92. The van der Waals surface area contributed by atoms with Crippen molar-refractivity contribution in [3.8, 4) is 0 Å². The van der Waals surface area contributed by atoms with Crippen LogP contribution in [0.1, 0.15) is 30.8 Å². The molecular formula is C12H17N3O2. The van der Waals surface area contributed by atoms with Crippen molar-refractivity contribution < 1.29 is 4.79 Å². The highest BCUT2D eigenvalue weighted by Gasteiger charge is 2.29. The third-order valence-electron chi connectivity index (χ3n) is 3.35. The number of aromatic amines is 1. The first kappa shape index (κ1) is 11.8. The van der Waals surface area contributed by atoms with Gasteiger partial charge in [0.2, 0.25) is 0 Å². The molecule has 1 aromatic rings. The number of likely N-dealkylation sites (tertiary alicyclic amines) is 1. The van der Waals surface area contributed by atoms with E-state index in [1.807, 2.05) is 4.90 Å². The van der Waals surface area contributed by atoms with E-state index in [1.165, 1.54) is 12.1 Å². The predicted octanol–water partition coefficient (Wildman–Crippen LogP) is 0.888. The molecule has 1 atom stereocenters. The lowest BCUT2D eigenvalue weighted by Gasteiger charge is -2.17. The molecule has 17 heavy (non-hydrogen) atoms. The van der Waals surface area contributed by atoms with Crippen molar-refractivity contribution in [2.75, 3.05) is 13.1 Å². The van der Waals surface area contributed by atoms with E-state index in [-0.39, 0.29) is 11.5 Å². The maximum absolute atomic E-state index is 12.1. The average molecular weight is 235 g/mol. The molecule has 2 heterocycles. The highest BCUT2D eigenvalue weighted by molar-refractivity contribution is 5.92. The minimum atomic E-state index is -0.289. The van der Waals surface area contributed by atoms with Crippen molar-refractivity contribution in [3.05, 3.63) is 28.2 Å². The van der Waals surface area contributed by atoms with Crippen molar-refractivity contribution in [2.24, 2.45) is 11.8 Å². The summed E-state index contributed by atoms with van der Waals surface area (Å²) in [4.78, 5) is 24.7. The molecule has 0 spiro atoms. The van der Waals surface area contributed by atoms with Crippen LogP contribution in [0.15, 0.2) is 16.9 Å². The van der Waals surface area contributed by atoms with Crippen LogP contribution in [0.4, 0.5) is 0 Å². The Morgan fingerprint density at radius 2 is 2.29 bits per heavy atom. The van der Waals surface area contributed by atoms with Crippen LogP contribution in [-0.4, -0.2) is 34.1 Å². The smallest absolute Gasteiger partial charge is 0.274 e. The van der Waals surface area contributed by atoms with Crippen molar-refractivity contribution >= 4 is 5.91 Å². The third-order valence-corrected chi connectivity index (χ3v) is 3.35. The molecule has 5 heteroatoms. The molecule has 1 aromatic heterocycles. The summed E-state index contributed by atoms with van der Waals surface area (Å²) in [7, 11) is 0. The quantitative estimate of drug-likeness (QED) is 0.827. The highest BCUT2D eigenvalue weighted by Crippen LogP contribution is 2.24. The number of hydrogen-bond acceptors (Lipinski definition) is 3. The van der Waals surface area contributed by atoms with Crippen molar-refractivity contribution in [1.82, 2.24) is 15.1 Å². The summed E-state index contributed by atoms with van der Waals surface area (Å²) in [5.41, 5.74) is 0.0250. The summed E-state index contributed by atoms with van der Waals surface area (Å²) in [6.07, 6.45) is 1.05. The Balaban J connectivity index is 2.07. The average Bonchev–Trinajstić information content (AvgIpc) is 2.78. The number of aromatic nitrogens is 2. The van der Waals surface area contributed by atoms with Gasteiger partial charge in [0, 0.05) is 19.2 Å². The first-order chi connectivity index (χ1) is 8.08. The van der Waals surface area contributed by atoms with E-state index in [2.05, 4.69) is 24.0 Å². The van der Waals surface area contributed by atoms with Gasteiger partial charge in [-0.25, -0.2) is 5.10 Å². The molecule has 92 valence electrons. The minimum absolute atomic E-state index is 0.0931. The minimum Gasteiger partial charge on any atom is -0.337 e. The van der Waals surface area contributed by atoms with Gasteiger partial charge in [-0.15, -0.1) is 0 Å². The number of hydrogen-bond donors (Lipinski definition) is 1. The van der Waals surface area contributed by atoms with Gasteiger partial charge in [-0.3, -0.25) is 9.59 Å². The molecule has 5 nitrogen and oxygen atoms in total. The van der Waals surface area contributed by atoms with Crippen molar-refractivity contribution in [2.45, 2.75) is 20.3 Å². The molecular weight excluding hydrogens is 218 g/mol. The SMILES string of the molecule is CC(C)C1CCN(C(=O)c2ccc(=O)[nH]n2)C1.